The molecule has 0 fully saturated rings. The number of rotatable bonds is 2. The van der Waals surface area contributed by atoms with Crippen molar-refractivity contribution in [2.24, 2.45) is 7.05 Å². The molecule has 0 aliphatic carbocycles. The Kier molecular flexibility index (Phi) is 2.04. The van der Waals surface area contributed by atoms with Crippen LogP contribution in [0, 0.1) is 0 Å². The van der Waals surface area contributed by atoms with Crippen LogP contribution in [0.15, 0.2) is 24.7 Å². The number of nitrogens with zero attached hydrogens (tertiary/aromatic N) is 6. The van der Waals surface area contributed by atoms with E-state index in [4.69, 9.17) is 5.73 Å². The minimum absolute atomic E-state index is 0.449. The average Bonchev–Trinajstić information content (AvgIpc) is 2.90. The lowest BCUT2D eigenvalue weighted by atomic mass is 10.4. The summed E-state index contributed by atoms with van der Waals surface area (Å²) < 4.78 is 3.43. The van der Waals surface area contributed by atoms with Gasteiger partial charge in [-0.2, -0.15) is 10.2 Å². The van der Waals surface area contributed by atoms with Crippen LogP contribution < -0.4 is 5.73 Å². The molecule has 3 heterocycles. The molecule has 0 saturated heterocycles. The molecule has 0 saturated carbocycles. The summed E-state index contributed by atoms with van der Waals surface area (Å²) in [5.74, 6) is 1.08. The molecule has 0 aromatic carbocycles. The van der Waals surface area contributed by atoms with Crippen molar-refractivity contribution in [3.05, 3.63) is 30.5 Å². The molecule has 2 N–H and O–H groups in total. The fourth-order valence-electron chi connectivity index (χ4n) is 1.70. The predicted molar refractivity (Wildman–Crippen MR) is 62.0 cm³/mol. The molecule has 3 aromatic heterocycles. The molecule has 7 nitrogen and oxygen atoms in total. The molecular formula is C10H11N7. The summed E-state index contributed by atoms with van der Waals surface area (Å²) in [6, 6.07) is 1.85. The third-order valence-corrected chi connectivity index (χ3v) is 2.53. The highest BCUT2D eigenvalue weighted by Gasteiger charge is 2.09. The minimum atomic E-state index is 0.449. The SMILES string of the molecule is Cn1ncc2c(N)nc(Cn3cccn3)nc21. The normalized spacial score (nSPS) is 11.1. The van der Waals surface area contributed by atoms with Crippen molar-refractivity contribution >= 4 is 16.9 Å². The molecule has 3 aromatic rings. The van der Waals surface area contributed by atoms with Crippen molar-refractivity contribution in [3.8, 4) is 0 Å². The fraction of sp³-hybridized carbons (Fsp3) is 0.200. The van der Waals surface area contributed by atoms with E-state index in [1.165, 1.54) is 0 Å². The summed E-state index contributed by atoms with van der Waals surface area (Å²) in [4.78, 5) is 8.66. The molecule has 0 aliphatic rings. The second kappa shape index (κ2) is 3.55. The smallest absolute Gasteiger partial charge is 0.163 e. The lowest BCUT2D eigenvalue weighted by molar-refractivity contribution is 0.655. The number of hydrogen-bond donors (Lipinski definition) is 1. The van der Waals surface area contributed by atoms with Crippen LogP contribution in [0.25, 0.3) is 11.0 Å². The lowest BCUT2D eigenvalue weighted by Gasteiger charge is -2.03. The summed E-state index contributed by atoms with van der Waals surface area (Å²) in [5, 5.41) is 8.99. The monoisotopic (exact) mass is 229 g/mol. The van der Waals surface area contributed by atoms with E-state index in [9.17, 15) is 0 Å². The Balaban J connectivity index is 2.08. The Bertz CT molecular complexity index is 653. The van der Waals surface area contributed by atoms with Gasteiger partial charge >= 0.3 is 0 Å². The van der Waals surface area contributed by atoms with E-state index in [-0.39, 0.29) is 0 Å². The quantitative estimate of drug-likeness (QED) is 0.677. The van der Waals surface area contributed by atoms with Crippen molar-refractivity contribution in [2.45, 2.75) is 6.54 Å². The number of aryl methyl sites for hydroxylation is 1. The van der Waals surface area contributed by atoms with Crippen LogP contribution >= 0.6 is 0 Å². The molecule has 0 amide bonds. The van der Waals surface area contributed by atoms with Gasteiger partial charge < -0.3 is 5.73 Å². The minimum Gasteiger partial charge on any atom is -0.383 e. The molecule has 0 unspecified atom stereocenters. The van der Waals surface area contributed by atoms with Gasteiger partial charge in [-0.1, -0.05) is 0 Å². The lowest BCUT2D eigenvalue weighted by Crippen LogP contribution is -2.07. The number of nitrogens with two attached hydrogens (primary N) is 1. The molecule has 0 spiro atoms. The van der Waals surface area contributed by atoms with Crippen LogP contribution in [0.1, 0.15) is 5.82 Å². The van der Waals surface area contributed by atoms with Crippen LogP contribution in [-0.2, 0) is 13.6 Å². The number of nitrogen functional groups attached to an aromatic ring is 1. The molecule has 0 bridgehead atoms. The van der Waals surface area contributed by atoms with E-state index in [1.54, 1.807) is 21.8 Å². The molecular weight excluding hydrogens is 218 g/mol. The van der Waals surface area contributed by atoms with E-state index in [0.717, 1.165) is 11.0 Å². The first kappa shape index (κ1) is 9.76. The Morgan fingerprint density at radius 3 is 2.94 bits per heavy atom. The summed E-state index contributed by atoms with van der Waals surface area (Å²) in [7, 11) is 1.83. The van der Waals surface area contributed by atoms with E-state index < -0.39 is 0 Å². The van der Waals surface area contributed by atoms with Gasteiger partial charge in [0.05, 0.1) is 11.6 Å². The first-order valence-corrected chi connectivity index (χ1v) is 5.15. The van der Waals surface area contributed by atoms with E-state index in [0.29, 0.717) is 18.2 Å². The van der Waals surface area contributed by atoms with Crippen molar-refractivity contribution < 1.29 is 0 Å². The highest BCUT2D eigenvalue weighted by Crippen LogP contribution is 2.16. The molecule has 17 heavy (non-hydrogen) atoms. The molecule has 7 heteroatoms. The first-order chi connectivity index (χ1) is 8.24. The van der Waals surface area contributed by atoms with Crippen LogP contribution in [0.4, 0.5) is 5.82 Å². The number of fused-ring (bicyclic) bond motifs is 1. The highest BCUT2D eigenvalue weighted by atomic mass is 15.3. The van der Waals surface area contributed by atoms with Gasteiger partial charge in [0.1, 0.15) is 12.4 Å². The van der Waals surface area contributed by atoms with Crippen LogP contribution in [-0.4, -0.2) is 29.5 Å². The molecule has 86 valence electrons. The Morgan fingerprint density at radius 2 is 2.18 bits per heavy atom. The fourth-order valence-corrected chi connectivity index (χ4v) is 1.70. The zero-order valence-electron chi connectivity index (χ0n) is 9.28. The summed E-state index contributed by atoms with van der Waals surface area (Å²) in [6.45, 7) is 0.498. The third-order valence-electron chi connectivity index (χ3n) is 2.53. The van der Waals surface area contributed by atoms with E-state index in [1.807, 2.05) is 19.3 Å². The van der Waals surface area contributed by atoms with Crippen molar-refractivity contribution in [3.63, 3.8) is 0 Å². The number of aromatic nitrogens is 6. The van der Waals surface area contributed by atoms with Gasteiger partial charge in [-0.25, -0.2) is 9.97 Å². The number of anilines is 1. The topological polar surface area (TPSA) is 87.4 Å². The summed E-state index contributed by atoms with van der Waals surface area (Å²) in [5.41, 5.74) is 6.60. The Labute approximate surface area is 96.9 Å². The van der Waals surface area contributed by atoms with Crippen LogP contribution in [0.3, 0.4) is 0 Å². The average molecular weight is 229 g/mol. The molecule has 0 aliphatic heterocycles. The maximum absolute atomic E-state index is 5.87. The first-order valence-electron chi connectivity index (χ1n) is 5.15. The maximum Gasteiger partial charge on any atom is 0.163 e. The summed E-state index contributed by atoms with van der Waals surface area (Å²) >= 11 is 0. The Morgan fingerprint density at radius 1 is 1.29 bits per heavy atom. The zero-order chi connectivity index (χ0) is 11.8. The Hall–Kier alpha value is -2.44. The van der Waals surface area contributed by atoms with E-state index in [2.05, 4.69) is 20.2 Å². The molecule has 0 radical (unpaired) electrons. The summed E-state index contributed by atoms with van der Waals surface area (Å²) in [6.07, 6.45) is 5.24. The predicted octanol–water partition coefficient (Wildman–Crippen LogP) is 0.190. The van der Waals surface area contributed by atoms with Gasteiger partial charge in [0.2, 0.25) is 0 Å². The second-order valence-electron chi connectivity index (χ2n) is 3.73. The van der Waals surface area contributed by atoms with Crippen molar-refractivity contribution in [2.75, 3.05) is 5.73 Å². The van der Waals surface area contributed by atoms with Gasteiger partial charge in [-0.15, -0.1) is 0 Å². The van der Waals surface area contributed by atoms with Gasteiger partial charge in [0, 0.05) is 19.4 Å². The number of hydrogen-bond acceptors (Lipinski definition) is 5. The van der Waals surface area contributed by atoms with Crippen molar-refractivity contribution in [1.29, 1.82) is 0 Å². The van der Waals surface area contributed by atoms with Crippen LogP contribution in [0.5, 0.6) is 0 Å². The zero-order valence-corrected chi connectivity index (χ0v) is 9.28. The largest absolute Gasteiger partial charge is 0.383 e. The maximum atomic E-state index is 5.87. The van der Waals surface area contributed by atoms with E-state index >= 15 is 0 Å². The molecule has 3 rings (SSSR count). The van der Waals surface area contributed by atoms with Gasteiger partial charge in [0.15, 0.2) is 11.5 Å². The highest BCUT2D eigenvalue weighted by molar-refractivity contribution is 5.84. The van der Waals surface area contributed by atoms with Gasteiger partial charge in [-0.05, 0) is 6.07 Å². The standard InChI is InChI=1S/C10H11N7/c1-16-10-7(5-13-16)9(11)14-8(15-10)6-17-4-2-3-12-17/h2-5H,6H2,1H3,(H2,11,14,15). The van der Waals surface area contributed by atoms with Gasteiger partial charge in [0.25, 0.3) is 0 Å². The third kappa shape index (κ3) is 1.61. The van der Waals surface area contributed by atoms with Crippen LogP contribution in [0.2, 0.25) is 0 Å². The van der Waals surface area contributed by atoms with Crippen molar-refractivity contribution in [1.82, 2.24) is 29.5 Å². The van der Waals surface area contributed by atoms with Gasteiger partial charge in [-0.3, -0.25) is 9.36 Å². The second-order valence-corrected chi connectivity index (χ2v) is 3.73. The molecule has 0 atom stereocenters.